The van der Waals surface area contributed by atoms with Crippen LogP contribution in [0.1, 0.15) is 31.1 Å². The quantitative estimate of drug-likeness (QED) is 0.531. The maximum absolute atomic E-state index is 12.3. The number of carbonyl (C=O) groups is 1. The van der Waals surface area contributed by atoms with Gasteiger partial charge in [0.25, 0.3) is 0 Å². The molecule has 0 atom stereocenters. The Kier molecular flexibility index (Phi) is 4.02. The molecule has 0 unspecified atom stereocenters. The Morgan fingerprint density at radius 2 is 1.62 bits per heavy atom. The second-order valence-corrected chi connectivity index (χ2v) is 6.83. The molecular weight excluding hydrogens is 298 g/mol. The summed E-state index contributed by atoms with van der Waals surface area (Å²) >= 11 is 0. The Balaban J connectivity index is 2.07. The number of fused-ring (bicyclic) bond motifs is 1. The fourth-order valence-electron chi connectivity index (χ4n) is 2.72. The van der Waals surface area contributed by atoms with Gasteiger partial charge in [-0.25, -0.2) is 4.79 Å². The molecule has 0 aliphatic heterocycles. The third kappa shape index (κ3) is 3.25. The van der Waals surface area contributed by atoms with Gasteiger partial charge in [-0.15, -0.1) is 0 Å². The van der Waals surface area contributed by atoms with Crippen LogP contribution in [0.2, 0.25) is 0 Å². The second-order valence-electron chi connectivity index (χ2n) is 6.83. The van der Waals surface area contributed by atoms with Crippen molar-refractivity contribution >= 4 is 22.4 Å². The summed E-state index contributed by atoms with van der Waals surface area (Å²) in [6.07, 6.45) is 0. The summed E-state index contributed by atoms with van der Waals surface area (Å²) in [7, 11) is 0. The van der Waals surface area contributed by atoms with Crippen LogP contribution in [0.25, 0.3) is 21.9 Å². The molecule has 0 aliphatic rings. The normalized spacial score (nSPS) is 11.5. The average molecular weight is 319 g/mol. The molecule has 3 aromatic rings. The van der Waals surface area contributed by atoms with Crippen molar-refractivity contribution < 1.29 is 9.53 Å². The number of nitrogen functional groups attached to an aromatic ring is 1. The number of anilines is 1. The van der Waals surface area contributed by atoms with Crippen LogP contribution in [0.15, 0.2) is 60.7 Å². The topological polar surface area (TPSA) is 52.3 Å². The van der Waals surface area contributed by atoms with Gasteiger partial charge in [0.2, 0.25) is 0 Å². The maximum Gasteiger partial charge on any atom is 0.338 e. The SMILES string of the molecule is CC(C)(C)OC(=O)c1cccc(-c2ccc(N)c3ccccc23)c1. The predicted octanol–water partition coefficient (Wildman–Crippen LogP) is 5.04. The van der Waals surface area contributed by atoms with Crippen molar-refractivity contribution in [1.29, 1.82) is 0 Å². The molecule has 24 heavy (non-hydrogen) atoms. The lowest BCUT2D eigenvalue weighted by Gasteiger charge is -2.19. The van der Waals surface area contributed by atoms with Crippen LogP contribution in [0.4, 0.5) is 5.69 Å². The molecule has 0 fully saturated rings. The van der Waals surface area contributed by atoms with Crippen LogP contribution in [0.5, 0.6) is 0 Å². The number of rotatable bonds is 2. The second kappa shape index (κ2) is 6.00. The van der Waals surface area contributed by atoms with Crippen LogP contribution < -0.4 is 5.73 Å². The van der Waals surface area contributed by atoms with Gasteiger partial charge in [-0.05, 0) is 55.5 Å². The first kappa shape index (κ1) is 16.1. The van der Waals surface area contributed by atoms with Gasteiger partial charge in [0.1, 0.15) is 5.60 Å². The molecular formula is C21H21NO2. The van der Waals surface area contributed by atoms with Gasteiger partial charge in [-0.1, -0.05) is 42.5 Å². The smallest absolute Gasteiger partial charge is 0.338 e. The molecule has 0 aromatic heterocycles. The summed E-state index contributed by atoms with van der Waals surface area (Å²) in [4.78, 5) is 12.3. The van der Waals surface area contributed by atoms with Crippen LogP contribution in [0.3, 0.4) is 0 Å². The fraction of sp³-hybridized carbons (Fsp3) is 0.190. The molecule has 0 bridgehead atoms. The summed E-state index contributed by atoms with van der Waals surface area (Å²) < 4.78 is 5.46. The third-order valence-corrected chi connectivity index (χ3v) is 3.77. The van der Waals surface area contributed by atoms with Crippen LogP contribution in [-0.4, -0.2) is 11.6 Å². The zero-order valence-electron chi connectivity index (χ0n) is 14.2. The van der Waals surface area contributed by atoms with Gasteiger partial charge < -0.3 is 10.5 Å². The molecule has 122 valence electrons. The van der Waals surface area contributed by atoms with E-state index in [1.165, 1.54) is 0 Å². The molecule has 3 aromatic carbocycles. The van der Waals surface area contributed by atoms with E-state index >= 15 is 0 Å². The standard InChI is InChI=1S/C21H21NO2/c1-21(2,3)24-20(23)15-8-6-7-14(13-15)16-11-12-19(22)18-10-5-4-9-17(16)18/h4-13H,22H2,1-3H3. The molecule has 3 rings (SSSR count). The number of benzene rings is 3. The number of hydrogen-bond donors (Lipinski definition) is 1. The van der Waals surface area contributed by atoms with Crippen LogP contribution in [-0.2, 0) is 4.74 Å². The van der Waals surface area contributed by atoms with Crippen molar-refractivity contribution in [2.45, 2.75) is 26.4 Å². The zero-order valence-corrected chi connectivity index (χ0v) is 14.2. The molecule has 0 heterocycles. The highest BCUT2D eigenvalue weighted by molar-refractivity contribution is 6.03. The van der Waals surface area contributed by atoms with Crippen molar-refractivity contribution in [2.75, 3.05) is 5.73 Å². The van der Waals surface area contributed by atoms with E-state index in [4.69, 9.17) is 10.5 Å². The van der Waals surface area contributed by atoms with Crippen LogP contribution >= 0.6 is 0 Å². The first-order chi connectivity index (χ1) is 11.3. The van der Waals surface area contributed by atoms with Gasteiger partial charge in [-0.2, -0.15) is 0 Å². The molecule has 0 saturated carbocycles. The van der Waals surface area contributed by atoms with E-state index in [0.717, 1.165) is 27.6 Å². The molecule has 0 spiro atoms. The molecule has 0 amide bonds. The van der Waals surface area contributed by atoms with E-state index in [0.29, 0.717) is 5.56 Å². The Morgan fingerprint density at radius 3 is 2.33 bits per heavy atom. The summed E-state index contributed by atoms with van der Waals surface area (Å²) in [5, 5.41) is 2.08. The van der Waals surface area contributed by atoms with E-state index in [1.54, 1.807) is 6.07 Å². The number of hydrogen-bond acceptors (Lipinski definition) is 3. The van der Waals surface area contributed by atoms with Gasteiger partial charge >= 0.3 is 5.97 Å². The van der Waals surface area contributed by atoms with E-state index in [1.807, 2.05) is 75.4 Å². The Hall–Kier alpha value is -2.81. The minimum atomic E-state index is -0.513. The maximum atomic E-state index is 12.3. The minimum absolute atomic E-state index is 0.316. The molecule has 0 saturated heterocycles. The van der Waals surface area contributed by atoms with Crippen molar-refractivity contribution in [1.82, 2.24) is 0 Å². The van der Waals surface area contributed by atoms with E-state index in [-0.39, 0.29) is 5.97 Å². The van der Waals surface area contributed by atoms with Crippen molar-refractivity contribution in [3.63, 3.8) is 0 Å². The lowest BCUT2D eigenvalue weighted by atomic mass is 9.96. The van der Waals surface area contributed by atoms with Gasteiger partial charge in [-0.3, -0.25) is 0 Å². The molecule has 0 radical (unpaired) electrons. The first-order valence-electron chi connectivity index (χ1n) is 7.96. The fourth-order valence-corrected chi connectivity index (χ4v) is 2.72. The summed E-state index contributed by atoms with van der Waals surface area (Å²) in [6.45, 7) is 5.59. The molecule has 0 aliphatic carbocycles. The monoisotopic (exact) mass is 319 g/mol. The molecule has 3 heteroatoms. The Labute approximate surface area is 142 Å². The largest absolute Gasteiger partial charge is 0.456 e. The van der Waals surface area contributed by atoms with Gasteiger partial charge in [0, 0.05) is 11.1 Å². The van der Waals surface area contributed by atoms with Gasteiger partial charge in [0.05, 0.1) is 5.56 Å². The summed E-state index contributed by atoms with van der Waals surface area (Å²) in [6, 6.07) is 19.4. The molecule has 2 N–H and O–H groups in total. The number of carbonyl (C=O) groups excluding carboxylic acids is 1. The van der Waals surface area contributed by atoms with Crippen molar-refractivity contribution in [3.05, 3.63) is 66.2 Å². The number of ether oxygens (including phenoxy) is 1. The molecule has 3 nitrogen and oxygen atoms in total. The number of esters is 1. The summed E-state index contributed by atoms with van der Waals surface area (Å²) in [5.41, 5.74) is 8.87. The highest BCUT2D eigenvalue weighted by Crippen LogP contribution is 2.32. The average Bonchev–Trinajstić information content (AvgIpc) is 2.54. The van der Waals surface area contributed by atoms with E-state index in [9.17, 15) is 4.79 Å². The third-order valence-electron chi connectivity index (χ3n) is 3.77. The zero-order chi connectivity index (χ0) is 17.3. The Bertz CT molecular complexity index is 907. The van der Waals surface area contributed by atoms with Crippen molar-refractivity contribution in [3.8, 4) is 11.1 Å². The number of nitrogens with two attached hydrogens (primary N) is 1. The lowest BCUT2D eigenvalue weighted by molar-refractivity contribution is 0.00696. The minimum Gasteiger partial charge on any atom is -0.456 e. The van der Waals surface area contributed by atoms with E-state index < -0.39 is 5.60 Å². The summed E-state index contributed by atoms with van der Waals surface area (Å²) in [5.74, 6) is -0.316. The highest BCUT2D eigenvalue weighted by atomic mass is 16.6. The van der Waals surface area contributed by atoms with Gasteiger partial charge in [0.15, 0.2) is 0 Å². The van der Waals surface area contributed by atoms with Crippen LogP contribution in [0, 0.1) is 0 Å². The first-order valence-corrected chi connectivity index (χ1v) is 7.96. The lowest BCUT2D eigenvalue weighted by Crippen LogP contribution is -2.23. The Morgan fingerprint density at radius 1 is 0.917 bits per heavy atom. The highest BCUT2D eigenvalue weighted by Gasteiger charge is 2.18. The predicted molar refractivity (Wildman–Crippen MR) is 99.0 cm³/mol. The van der Waals surface area contributed by atoms with Crippen molar-refractivity contribution in [2.24, 2.45) is 0 Å². The van der Waals surface area contributed by atoms with E-state index in [2.05, 4.69) is 0 Å².